The van der Waals surface area contributed by atoms with E-state index in [9.17, 15) is 5.11 Å². The Balaban J connectivity index is 2.61. The molecule has 1 aliphatic carbocycles. The first kappa shape index (κ1) is 8.57. The highest BCUT2D eigenvalue weighted by molar-refractivity contribution is 5.45. The zero-order valence-corrected chi connectivity index (χ0v) is 7.88. The molecule has 0 aromatic heterocycles. The Morgan fingerprint density at radius 1 is 1.46 bits per heavy atom. The van der Waals surface area contributed by atoms with Gasteiger partial charge in [-0.3, -0.25) is 0 Å². The first-order valence-electron chi connectivity index (χ1n) is 4.71. The van der Waals surface area contributed by atoms with Gasteiger partial charge in [0.05, 0.1) is 0 Å². The third kappa shape index (κ3) is 1.31. The van der Waals surface area contributed by atoms with Gasteiger partial charge in [0.1, 0.15) is 5.75 Å². The van der Waals surface area contributed by atoms with Crippen LogP contribution in [0.1, 0.15) is 30.9 Å². The van der Waals surface area contributed by atoms with Crippen molar-refractivity contribution in [1.29, 1.82) is 0 Å². The number of nitrogens with two attached hydrogens (primary N) is 1. The number of rotatable bonds is 0. The topological polar surface area (TPSA) is 46.2 Å². The van der Waals surface area contributed by atoms with E-state index in [0.29, 0.717) is 5.75 Å². The first-order valence-corrected chi connectivity index (χ1v) is 4.71. The van der Waals surface area contributed by atoms with Gasteiger partial charge in [-0.25, -0.2) is 0 Å². The Labute approximate surface area is 78.4 Å². The minimum atomic E-state index is -0.348. The lowest BCUT2D eigenvalue weighted by Gasteiger charge is -2.32. The summed E-state index contributed by atoms with van der Waals surface area (Å²) in [5, 5.41) is 9.71. The number of hydrogen-bond donors (Lipinski definition) is 2. The molecule has 2 rings (SSSR count). The lowest BCUT2D eigenvalue weighted by atomic mass is 9.78. The Morgan fingerprint density at radius 3 is 2.92 bits per heavy atom. The molecule has 1 unspecified atom stereocenters. The molecule has 0 saturated heterocycles. The third-order valence-corrected chi connectivity index (χ3v) is 2.84. The van der Waals surface area contributed by atoms with Crippen LogP contribution in [0.2, 0.25) is 0 Å². The van der Waals surface area contributed by atoms with Gasteiger partial charge in [-0.1, -0.05) is 12.1 Å². The number of fused-ring (bicyclic) bond motifs is 1. The minimum absolute atomic E-state index is 0.348. The predicted octanol–water partition coefficient (Wildman–Crippen LogP) is 1.90. The largest absolute Gasteiger partial charge is 0.508 e. The van der Waals surface area contributed by atoms with E-state index in [2.05, 4.69) is 6.07 Å². The van der Waals surface area contributed by atoms with Crippen LogP contribution in [0, 0.1) is 0 Å². The quantitative estimate of drug-likeness (QED) is 0.635. The Kier molecular flexibility index (Phi) is 1.81. The number of phenolic OH excluding ortho intramolecular Hbond substituents is 1. The molecule has 70 valence electrons. The summed E-state index contributed by atoms with van der Waals surface area (Å²) in [7, 11) is 0. The SMILES string of the molecule is CC1(N)CCCc2cccc(O)c21. The normalized spacial score (nSPS) is 26.9. The Hall–Kier alpha value is -1.02. The lowest BCUT2D eigenvalue weighted by molar-refractivity contribution is 0.376. The van der Waals surface area contributed by atoms with Crippen molar-refractivity contribution in [2.75, 3.05) is 0 Å². The summed E-state index contributed by atoms with van der Waals surface area (Å²) in [4.78, 5) is 0. The molecular formula is C11H15NO. The molecule has 1 aromatic carbocycles. The van der Waals surface area contributed by atoms with Gasteiger partial charge in [-0.05, 0) is 37.8 Å². The van der Waals surface area contributed by atoms with Gasteiger partial charge in [0.15, 0.2) is 0 Å². The molecule has 1 atom stereocenters. The highest BCUT2D eigenvalue weighted by atomic mass is 16.3. The summed E-state index contributed by atoms with van der Waals surface area (Å²) < 4.78 is 0. The fourth-order valence-corrected chi connectivity index (χ4v) is 2.23. The maximum absolute atomic E-state index is 9.71. The van der Waals surface area contributed by atoms with Crippen molar-refractivity contribution in [1.82, 2.24) is 0 Å². The monoisotopic (exact) mass is 177 g/mol. The summed E-state index contributed by atoms with van der Waals surface area (Å²) in [6.07, 6.45) is 3.11. The molecule has 0 heterocycles. The Morgan fingerprint density at radius 2 is 2.23 bits per heavy atom. The third-order valence-electron chi connectivity index (χ3n) is 2.84. The van der Waals surface area contributed by atoms with Crippen molar-refractivity contribution in [3.63, 3.8) is 0 Å². The van der Waals surface area contributed by atoms with Crippen molar-refractivity contribution in [3.8, 4) is 5.75 Å². The number of aryl methyl sites for hydroxylation is 1. The van der Waals surface area contributed by atoms with Crippen LogP contribution < -0.4 is 5.73 Å². The molecule has 0 radical (unpaired) electrons. The lowest BCUT2D eigenvalue weighted by Crippen LogP contribution is -2.36. The fraction of sp³-hybridized carbons (Fsp3) is 0.455. The smallest absolute Gasteiger partial charge is 0.120 e. The van der Waals surface area contributed by atoms with Crippen molar-refractivity contribution in [2.24, 2.45) is 5.73 Å². The molecule has 0 bridgehead atoms. The van der Waals surface area contributed by atoms with E-state index in [0.717, 1.165) is 24.8 Å². The van der Waals surface area contributed by atoms with Crippen LogP contribution in [-0.2, 0) is 12.0 Å². The highest BCUT2D eigenvalue weighted by Crippen LogP contribution is 2.38. The number of phenols is 1. The summed E-state index contributed by atoms with van der Waals surface area (Å²) in [5.41, 5.74) is 7.93. The zero-order chi connectivity index (χ0) is 9.47. The molecule has 2 heteroatoms. The van der Waals surface area contributed by atoms with Gasteiger partial charge >= 0.3 is 0 Å². The molecule has 0 fully saturated rings. The van der Waals surface area contributed by atoms with E-state index < -0.39 is 0 Å². The van der Waals surface area contributed by atoms with Crippen molar-refractivity contribution in [2.45, 2.75) is 31.7 Å². The van der Waals surface area contributed by atoms with E-state index in [1.807, 2.05) is 13.0 Å². The molecule has 2 nitrogen and oxygen atoms in total. The van der Waals surface area contributed by atoms with Crippen LogP contribution >= 0.6 is 0 Å². The molecular weight excluding hydrogens is 162 g/mol. The average molecular weight is 177 g/mol. The van der Waals surface area contributed by atoms with Gasteiger partial charge < -0.3 is 10.8 Å². The molecule has 1 aliphatic rings. The first-order chi connectivity index (χ1) is 6.11. The van der Waals surface area contributed by atoms with Crippen LogP contribution in [0.5, 0.6) is 5.75 Å². The standard InChI is InChI=1S/C11H15NO/c1-11(12)7-3-5-8-4-2-6-9(13)10(8)11/h2,4,6,13H,3,5,7,12H2,1H3. The van der Waals surface area contributed by atoms with Crippen LogP contribution in [0.25, 0.3) is 0 Å². The van der Waals surface area contributed by atoms with Crippen LogP contribution in [0.15, 0.2) is 18.2 Å². The van der Waals surface area contributed by atoms with Crippen molar-refractivity contribution in [3.05, 3.63) is 29.3 Å². The molecule has 0 saturated carbocycles. The van der Waals surface area contributed by atoms with Crippen LogP contribution in [0.4, 0.5) is 0 Å². The number of benzene rings is 1. The second-order valence-electron chi connectivity index (χ2n) is 4.08. The maximum atomic E-state index is 9.71. The molecule has 13 heavy (non-hydrogen) atoms. The highest BCUT2D eigenvalue weighted by Gasteiger charge is 2.30. The fourth-order valence-electron chi connectivity index (χ4n) is 2.23. The Bertz CT molecular complexity index is 331. The van der Waals surface area contributed by atoms with Crippen molar-refractivity contribution < 1.29 is 5.11 Å². The summed E-state index contributed by atoms with van der Waals surface area (Å²) in [5.74, 6) is 0.349. The molecule has 0 amide bonds. The van der Waals surface area contributed by atoms with E-state index in [4.69, 9.17) is 5.73 Å². The molecule has 3 N–H and O–H groups in total. The van der Waals surface area contributed by atoms with Gasteiger partial charge in [0, 0.05) is 11.1 Å². The zero-order valence-electron chi connectivity index (χ0n) is 7.88. The van der Waals surface area contributed by atoms with Gasteiger partial charge in [0.2, 0.25) is 0 Å². The molecule has 0 aliphatic heterocycles. The van der Waals surface area contributed by atoms with E-state index in [1.54, 1.807) is 6.07 Å². The van der Waals surface area contributed by atoms with E-state index >= 15 is 0 Å². The average Bonchev–Trinajstić information content (AvgIpc) is 2.02. The second-order valence-corrected chi connectivity index (χ2v) is 4.08. The van der Waals surface area contributed by atoms with E-state index in [-0.39, 0.29) is 5.54 Å². The van der Waals surface area contributed by atoms with E-state index in [1.165, 1.54) is 5.56 Å². The maximum Gasteiger partial charge on any atom is 0.120 e. The van der Waals surface area contributed by atoms with Crippen LogP contribution in [0.3, 0.4) is 0 Å². The van der Waals surface area contributed by atoms with Crippen molar-refractivity contribution >= 4 is 0 Å². The number of aromatic hydroxyl groups is 1. The van der Waals surface area contributed by atoms with Gasteiger partial charge in [-0.2, -0.15) is 0 Å². The summed E-state index contributed by atoms with van der Waals surface area (Å²) in [6, 6.07) is 5.66. The molecule has 0 spiro atoms. The van der Waals surface area contributed by atoms with Crippen LogP contribution in [-0.4, -0.2) is 5.11 Å². The molecule has 1 aromatic rings. The van der Waals surface area contributed by atoms with Gasteiger partial charge in [-0.15, -0.1) is 0 Å². The summed E-state index contributed by atoms with van der Waals surface area (Å²) >= 11 is 0. The van der Waals surface area contributed by atoms with Gasteiger partial charge in [0.25, 0.3) is 0 Å². The summed E-state index contributed by atoms with van der Waals surface area (Å²) in [6.45, 7) is 1.99. The second kappa shape index (κ2) is 2.74. The minimum Gasteiger partial charge on any atom is -0.508 e. The number of hydrogen-bond acceptors (Lipinski definition) is 2. The predicted molar refractivity (Wildman–Crippen MR) is 52.6 cm³/mol.